The van der Waals surface area contributed by atoms with E-state index < -0.39 is 5.54 Å². The maximum absolute atomic E-state index is 11.9. The Morgan fingerprint density at radius 2 is 2.22 bits per heavy atom. The molecular formula is C13H17BrN2O2. The third-order valence-corrected chi connectivity index (χ3v) is 3.75. The highest BCUT2D eigenvalue weighted by atomic mass is 79.9. The van der Waals surface area contributed by atoms with Gasteiger partial charge < -0.3 is 15.0 Å². The molecule has 0 spiro atoms. The van der Waals surface area contributed by atoms with Crippen LogP contribution in [0.15, 0.2) is 22.7 Å². The normalized spacial score (nSPS) is 14.8. The maximum Gasteiger partial charge on any atom is 0.331 e. The topological polar surface area (TPSA) is 41.6 Å². The number of esters is 1. The number of hydrogen-bond acceptors (Lipinski definition) is 4. The summed E-state index contributed by atoms with van der Waals surface area (Å²) in [6.07, 6.45) is 0. The van der Waals surface area contributed by atoms with Crippen LogP contribution >= 0.6 is 15.9 Å². The van der Waals surface area contributed by atoms with Crippen molar-refractivity contribution in [3.8, 4) is 0 Å². The Morgan fingerprint density at radius 3 is 2.89 bits per heavy atom. The molecule has 0 saturated carbocycles. The molecule has 1 aliphatic rings. The van der Waals surface area contributed by atoms with Crippen LogP contribution in [0.1, 0.15) is 13.8 Å². The molecule has 1 heterocycles. The fourth-order valence-electron chi connectivity index (χ4n) is 2.24. The van der Waals surface area contributed by atoms with Crippen LogP contribution in [0.4, 0.5) is 11.4 Å². The Balaban J connectivity index is 2.43. The van der Waals surface area contributed by atoms with Crippen LogP contribution in [0.2, 0.25) is 0 Å². The number of hydrogen-bond donors (Lipinski definition) is 1. The molecule has 0 radical (unpaired) electrons. The average Bonchev–Trinajstić information content (AvgIpc) is 2.36. The molecular weight excluding hydrogens is 296 g/mol. The highest BCUT2D eigenvalue weighted by molar-refractivity contribution is 9.10. The van der Waals surface area contributed by atoms with Crippen molar-refractivity contribution in [1.82, 2.24) is 0 Å². The molecule has 1 aliphatic heterocycles. The number of halogens is 1. The van der Waals surface area contributed by atoms with Crippen molar-refractivity contribution in [3.05, 3.63) is 22.7 Å². The largest absolute Gasteiger partial charge is 0.467 e. The molecule has 1 N–H and O–H groups in total. The number of nitrogens with zero attached hydrogens (tertiary/aromatic N) is 1. The lowest BCUT2D eigenvalue weighted by atomic mass is 10.00. The molecule has 0 fully saturated rings. The number of carbonyl (C=O) groups is 1. The highest BCUT2D eigenvalue weighted by Crippen LogP contribution is 2.36. The molecule has 4 nitrogen and oxygen atoms in total. The van der Waals surface area contributed by atoms with Crippen LogP contribution in [0.5, 0.6) is 0 Å². The summed E-state index contributed by atoms with van der Waals surface area (Å²) in [5.74, 6) is -0.227. The Hall–Kier alpha value is -1.23. The van der Waals surface area contributed by atoms with Crippen molar-refractivity contribution in [1.29, 1.82) is 0 Å². The lowest BCUT2D eigenvalue weighted by Crippen LogP contribution is -2.54. The van der Waals surface area contributed by atoms with Crippen LogP contribution in [-0.4, -0.2) is 31.7 Å². The first-order valence-corrected chi connectivity index (χ1v) is 6.65. The van der Waals surface area contributed by atoms with Gasteiger partial charge in [-0.15, -0.1) is 0 Å². The molecule has 5 heteroatoms. The smallest absolute Gasteiger partial charge is 0.331 e. The van der Waals surface area contributed by atoms with E-state index in [1.165, 1.54) is 7.11 Å². The molecule has 0 unspecified atom stereocenters. The van der Waals surface area contributed by atoms with E-state index in [-0.39, 0.29) is 5.97 Å². The number of carbonyl (C=O) groups excluding carboxylic acids is 1. The molecule has 1 aromatic carbocycles. The SMILES string of the molecule is COC(=O)C(C)(C)N1CCNc2ccc(Br)cc21. The fraction of sp³-hybridized carbons (Fsp3) is 0.462. The first-order chi connectivity index (χ1) is 8.46. The van der Waals surface area contributed by atoms with Crippen LogP contribution in [0.3, 0.4) is 0 Å². The molecule has 2 rings (SSSR count). The van der Waals surface area contributed by atoms with Crippen LogP contribution in [-0.2, 0) is 9.53 Å². The predicted octanol–water partition coefficient (Wildman–Crippen LogP) is 2.63. The van der Waals surface area contributed by atoms with E-state index in [1.807, 2.05) is 32.0 Å². The van der Waals surface area contributed by atoms with Crippen molar-refractivity contribution in [2.24, 2.45) is 0 Å². The van der Waals surface area contributed by atoms with Gasteiger partial charge in [-0.25, -0.2) is 4.79 Å². The number of methoxy groups -OCH3 is 1. The van der Waals surface area contributed by atoms with Gasteiger partial charge in [-0.2, -0.15) is 0 Å². The van der Waals surface area contributed by atoms with Gasteiger partial charge in [-0.3, -0.25) is 0 Å². The number of anilines is 2. The number of rotatable bonds is 2. The van der Waals surface area contributed by atoms with E-state index >= 15 is 0 Å². The van der Waals surface area contributed by atoms with E-state index in [9.17, 15) is 4.79 Å². The minimum absolute atomic E-state index is 0.227. The number of ether oxygens (including phenoxy) is 1. The minimum atomic E-state index is -0.674. The fourth-order valence-corrected chi connectivity index (χ4v) is 2.59. The van der Waals surface area contributed by atoms with Crippen molar-refractivity contribution < 1.29 is 9.53 Å². The van der Waals surface area contributed by atoms with Crippen molar-refractivity contribution >= 4 is 33.3 Å². The monoisotopic (exact) mass is 312 g/mol. The van der Waals surface area contributed by atoms with Gasteiger partial charge in [0.2, 0.25) is 0 Å². The Bertz CT molecular complexity index is 474. The van der Waals surface area contributed by atoms with E-state index in [2.05, 4.69) is 26.1 Å². The van der Waals surface area contributed by atoms with Gasteiger partial charge in [0, 0.05) is 17.6 Å². The maximum atomic E-state index is 11.9. The summed E-state index contributed by atoms with van der Waals surface area (Å²) in [5, 5.41) is 3.33. The van der Waals surface area contributed by atoms with Crippen molar-refractivity contribution in [2.45, 2.75) is 19.4 Å². The zero-order valence-electron chi connectivity index (χ0n) is 10.8. The lowest BCUT2D eigenvalue weighted by Gasteiger charge is -2.41. The first kappa shape index (κ1) is 13.2. The third-order valence-electron chi connectivity index (χ3n) is 3.26. The summed E-state index contributed by atoms with van der Waals surface area (Å²) in [5.41, 5.74) is 1.39. The number of benzene rings is 1. The average molecular weight is 313 g/mol. The minimum Gasteiger partial charge on any atom is -0.467 e. The number of fused-ring (bicyclic) bond motifs is 1. The standard InChI is InChI=1S/C13H17BrN2O2/c1-13(2,12(17)18-3)16-7-6-15-10-5-4-9(14)8-11(10)16/h4-5,8,15H,6-7H2,1-3H3. The van der Waals surface area contributed by atoms with Gasteiger partial charge in [0.1, 0.15) is 5.54 Å². The second-order valence-electron chi connectivity index (χ2n) is 4.79. The molecule has 0 bridgehead atoms. The molecule has 0 aliphatic carbocycles. The quantitative estimate of drug-likeness (QED) is 0.852. The Kier molecular flexibility index (Phi) is 3.52. The van der Waals surface area contributed by atoms with Gasteiger partial charge in [0.25, 0.3) is 0 Å². The van der Waals surface area contributed by atoms with Gasteiger partial charge in [-0.05, 0) is 32.0 Å². The van der Waals surface area contributed by atoms with Crippen LogP contribution < -0.4 is 10.2 Å². The van der Waals surface area contributed by atoms with Crippen molar-refractivity contribution in [2.75, 3.05) is 30.4 Å². The predicted molar refractivity (Wildman–Crippen MR) is 76.1 cm³/mol. The summed E-state index contributed by atoms with van der Waals surface area (Å²) in [6, 6.07) is 6.02. The molecule has 98 valence electrons. The van der Waals surface area contributed by atoms with Crippen LogP contribution in [0.25, 0.3) is 0 Å². The molecule has 0 atom stereocenters. The molecule has 0 amide bonds. The second-order valence-corrected chi connectivity index (χ2v) is 5.71. The summed E-state index contributed by atoms with van der Waals surface area (Å²) >= 11 is 3.47. The highest BCUT2D eigenvalue weighted by Gasteiger charge is 2.38. The zero-order chi connectivity index (χ0) is 13.3. The van der Waals surface area contributed by atoms with Gasteiger partial charge >= 0.3 is 5.97 Å². The molecule has 0 saturated heterocycles. The van der Waals surface area contributed by atoms with E-state index in [4.69, 9.17) is 4.74 Å². The van der Waals surface area contributed by atoms with Gasteiger partial charge in [0.05, 0.1) is 18.5 Å². The third kappa shape index (κ3) is 2.19. The van der Waals surface area contributed by atoms with E-state index in [0.29, 0.717) is 0 Å². The van der Waals surface area contributed by atoms with Crippen molar-refractivity contribution in [3.63, 3.8) is 0 Å². The number of nitrogens with one attached hydrogen (secondary N) is 1. The lowest BCUT2D eigenvalue weighted by molar-refractivity contribution is -0.145. The van der Waals surface area contributed by atoms with Gasteiger partial charge in [-0.1, -0.05) is 15.9 Å². The summed E-state index contributed by atoms with van der Waals surface area (Å²) in [4.78, 5) is 14.0. The summed E-state index contributed by atoms with van der Waals surface area (Å²) in [7, 11) is 1.42. The second kappa shape index (κ2) is 4.80. The molecule has 18 heavy (non-hydrogen) atoms. The van der Waals surface area contributed by atoms with Gasteiger partial charge in [0.15, 0.2) is 0 Å². The summed E-state index contributed by atoms with van der Waals surface area (Å²) < 4.78 is 5.90. The van der Waals surface area contributed by atoms with Crippen LogP contribution in [0, 0.1) is 0 Å². The molecule has 1 aromatic rings. The Morgan fingerprint density at radius 1 is 1.50 bits per heavy atom. The zero-order valence-corrected chi connectivity index (χ0v) is 12.4. The first-order valence-electron chi connectivity index (χ1n) is 5.86. The summed E-state index contributed by atoms with van der Waals surface area (Å²) in [6.45, 7) is 5.35. The Labute approximate surface area is 115 Å². The van der Waals surface area contributed by atoms with E-state index in [0.717, 1.165) is 28.9 Å². The molecule has 0 aromatic heterocycles. The van der Waals surface area contributed by atoms with E-state index in [1.54, 1.807) is 0 Å².